The van der Waals surface area contributed by atoms with Gasteiger partial charge in [-0.15, -0.1) is 0 Å². The second-order valence-electron chi connectivity index (χ2n) is 7.31. The third-order valence-corrected chi connectivity index (χ3v) is 5.40. The molecule has 166 valence electrons. The molecule has 0 aromatic carbocycles. The lowest BCUT2D eigenvalue weighted by atomic mass is 9.88. The molecule has 1 fully saturated rings. The van der Waals surface area contributed by atoms with Gasteiger partial charge in [0.05, 0.1) is 56.9 Å². The maximum atomic E-state index is 10.8. The van der Waals surface area contributed by atoms with Crippen LogP contribution in [0.2, 0.25) is 0 Å². The summed E-state index contributed by atoms with van der Waals surface area (Å²) in [5, 5.41) is 86.5. The number of carboxylic acid groups (broad SMARTS) is 1. The molecule has 0 radical (unpaired) electrons. The monoisotopic (exact) mass is 412 g/mol. The van der Waals surface area contributed by atoms with Gasteiger partial charge in [0.2, 0.25) is 0 Å². The van der Waals surface area contributed by atoms with Crippen molar-refractivity contribution < 1.29 is 55.5 Å². The van der Waals surface area contributed by atoms with Crippen LogP contribution < -0.4 is 0 Å². The van der Waals surface area contributed by atoms with E-state index in [1.165, 1.54) is 0 Å². The average Bonchev–Trinajstić information content (AvgIpc) is 2.82. The Morgan fingerprint density at radius 3 is 2.18 bits per heavy atom. The van der Waals surface area contributed by atoms with E-state index in [2.05, 4.69) is 0 Å². The smallest absolute Gasteiger partial charge is 0.335 e. The lowest BCUT2D eigenvalue weighted by Crippen LogP contribution is -2.47. The molecule has 0 aromatic rings. The Hall–Kier alpha value is -0.890. The molecule has 11 heteroatoms. The van der Waals surface area contributed by atoms with Crippen LogP contribution in [0.4, 0.5) is 0 Å². The van der Waals surface area contributed by atoms with E-state index < -0.39 is 80.2 Å². The van der Waals surface area contributed by atoms with E-state index in [-0.39, 0.29) is 6.61 Å². The van der Waals surface area contributed by atoms with Gasteiger partial charge < -0.3 is 50.7 Å². The van der Waals surface area contributed by atoms with Gasteiger partial charge in [-0.1, -0.05) is 6.42 Å². The first-order chi connectivity index (χ1) is 13.1. The van der Waals surface area contributed by atoms with E-state index in [0.29, 0.717) is 19.3 Å². The average molecular weight is 412 g/mol. The Kier molecular flexibility index (Phi) is 10.7. The highest BCUT2D eigenvalue weighted by molar-refractivity contribution is 5.72. The molecule has 0 aromatic heterocycles. The van der Waals surface area contributed by atoms with Crippen molar-refractivity contribution in [3.63, 3.8) is 0 Å². The number of hydrogen-bond acceptors (Lipinski definition) is 10. The molecule has 0 aliphatic heterocycles. The highest BCUT2D eigenvalue weighted by Crippen LogP contribution is 2.30. The SMILES string of the molecule is O=C(O)C(O)C(O)C(COCC1CCCC(C(O)CO)C(O)C1O)C(O)CO. The first-order valence-electron chi connectivity index (χ1n) is 9.26. The van der Waals surface area contributed by atoms with Crippen molar-refractivity contribution in [3.05, 3.63) is 0 Å². The molecule has 9 atom stereocenters. The van der Waals surface area contributed by atoms with Crippen LogP contribution in [0.15, 0.2) is 0 Å². The molecule has 0 spiro atoms. The fraction of sp³-hybridized carbons (Fsp3) is 0.941. The number of rotatable bonds is 11. The first kappa shape index (κ1) is 25.1. The van der Waals surface area contributed by atoms with Crippen molar-refractivity contribution in [3.8, 4) is 0 Å². The van der Waals surface area contributed by atoms with Crippen molar-refractivity contribution in [2.75, 3.05) is 26.4 Å². The molecular formula is C17H32O11. The van der Waals surface area contributed by atoms with Crippen LogP contribution in [-0.2, 0) is 9.53 Å². The van der Waals surface area contributed by atoms with E-state index >= 15 is 0 Å². The Morgan fingerprint density at radius 2 is 1.64 bits per heavy atom. The summed E-state index contributed by atoms with van der Waals surface area (Å²) in [5.41, 5.74) is 0. The summed E-state index contributed by atoms with van der Waals surface area (Å²) in [4.78, 5) is 10.8. The maximum Gasteiger partial charge on any atom is 0.335 e. The van der Waals surface area contributed by atoms with Gasteiger partial charge in [-0.25, -0.2) is 4.79 Å². The number of carboxylic acids is 1. The topological polar surface area (TPSA) is 208 Å². The molecular weight excluding hydrogens is 380 g/mol. The Labute approximate surface area is 162 Å². The number of aliphatic hydroxyl groups is 8. The van der Waals surface area contributed by atoms with Gasteiger partial charge in [0.15, 0.2) is 6.10 Å². The predicted octanol–water partition coefficient (Wildman–Crippen LogP) is -3.73. The summed E-state index contributed by atoms with van der Waals surface area (Å²) >= 11 is 0. The van der Waals surface area contributed by atoms with E-state index in [1.807, 2.05) is 0 Å². The second-order valence-corrected chi connectivity index (χ2v) is 7.31. The van der Waals surface area contributed by atoms with Gasteiger partial charge in [0, 0.05) is 17.8 Å². The minimum atomic E-state index is -2.18. The second kappa shape index (κ2) is 12.0. The Morgan fingerprint density at radius 1 is 1.00 bits per heavy atom. The zero-order valence-corrected chi connectivity index (χ0v) is 15.5. The summed E-state index contributed by atoms with van der Waals surface area (Å²) in [6.07, 6.45) is -7.92. The minimum absolute atomic E-state index is 0.106. The van der Waals surface area contributed by atoms with Gasteiger partial charge in [0.1, 0.15) is 0 Å². The molecule has 0 bridgehead atoms. The van der Waals surface area contributed by atoms with Crippen molar-refractivity contribution in [1.29, 1.82) is 0 Å². The molecule has 1 aliphatic carbocycles. The van der Waals surface area contributed by atoms with Gasteiger partial charge in [-0.05, 0) is 12.8 Å². The first-order valence-corrected chi connectivity index (χ1v) is 9.26. The van der Waals surface area contributed by atoms with Crippen LogP contribution in [0.3, 0.4) is 0 Å². The van der Waals surface area contributed by atoms with Crippen LogP contribution in [0.25, 0.3) is 0 Å². The van der Waals surface area contributed by atoms with Gasteiger partial charge in [-0.2, -0.15) is 0 Å². The number of carbonyl (C=O) groups is 1. The number of ether oxygens (including phenoxy) is 1. The standard InChI is InChI=1S/C17H32O11/c18-4-11(20)9-3-1-2-8(13(22)14(9)23)6-28-7-10(12(21)5-19)15(24)16(25)17(26)27/h8-16,18-25H,1-7H2,(H,26,27). The zero-order valence-electron chi connectivity index (χ0n) is 15.5. The molecule has 1 rings (SSSR count). The van der Waals surface area contributed by atoms with Gasteiger partial charge in [0.25, 0.3) is 0 Å². The van der Waals surface area contributed by atoms with E-state index in [9.17, 15) is 35.4 Å². The molecule has 11 nitrogen and oxygen atoms in total. The summed E-state index contributed by atoms with van der Waals surface area (Å²) in [7, 11) is 0. The number of aliphatic hydroxyl groups excluding tert-OH is 8. The molecule has 0 amide bonds. The van der Waals surface area contributed by atoms with Crippen molar-refractivity contribution in [2.24, 2.45) is 17.8 Å². The molecule has 1 aliphatic rings. The van der Waals surface area contributed by atoms with Crippen molar-refractivity contribution >= 4 is 5.97 Å². The molecule has 0 heterocycles. The lowest BCUT2D eigenvalue weighted by Gasteiger charge is -2.31. The van der Waals surface area contributed by atoms with E-state index in [1.54, 1.807) is 0 Å². The third-order valence-electron chi connectivity index (χ3n) is 5.40. The van der Waals surface area contributed by atoms with Crippen LogP contribution in [0.1, 0.15) is 19.3 Å². The fourth-order valence-corrected chi connectivity index (χ4v) is 3.54. The molecule has 9 N–H and O–H groups in total. The van der Waals surface area contributed by atoms with Crippen LogP contribution in [0, 0.1) is 17.8 Å². The quantitative estimate of drug-likeness (QED) is 0.151. The van der Waals surface area contributed by atoms with Crippen LogP contribution in [-0.4, -0.2) is 115 Å². The van der Waals surface area contributed by atoms with E-state index in [0.717, 1.165) is 0 Å². The lowest BCUT2D eigenvalue weighted by molar-refractivity contribution is -0.161. The van der Waals surface area contributed by atoms with Gasteiger partial charge in [-0.3, -0.25) is 0 Å². The summed E-state index contributed by atoms with van der Waals surface area (Å²) in [5.74, 6) is -4.23. The van der Waals surface area contributed by atoms with Crippen LogP contribution in [0.5, 0.6) is 0 Å². The molecule has 1 saturated carbocycles. The Balaban J connectivity index is 2.68. The van der Waals surface area contributed by atoms with Crippen LogP contribution >= 0.6 is 0 Å². The normalized spacial score (nSPS) is 31.4. The van der Waals surface area contributed by atoms with Crippen molar-refractivity contribution in [2.45, 2.75) is 55.9 Å². The highest BCUT2D eigenvalue weighted by atomic mass is 16.5. The zero-order chi connectivity index (χ0) is 21.4. The summed E-state index contributed by atoms with van der Waals surface area (Å²) in [6.45, 7) is -1.84. The number of aliphatic carboxylic acids is 1. The van der Waals surface area contributed by atoms with Crippen molar-refractivity contribution in [1.82, 2.24) is 0 Å². The van der Waals surface area contributed by atoms with E-state index in [4.69, 9.17) is 20.1 Å². The largest absolute Gasteiger partial charge is 0.479 e. The highest BCUT2D eigenvalue weighted by Gasteiger charge is 2.39. The Bertz CT molecular complexity index is 462. The number of hydrogen-bond donors (Lipinski definition) is 9. The molecule has 28 heavy (non-hydrogen) atoms. The third kappa shape index (κ3) is 6.58. The fourth-order valence-electron chi connectivity index (χ4n) is 3.54. The molecule has 9 unspecified atom stereocenters. The molecule has 0 saturated heterocycles. The maximum absolute atomic E-state index is 10.8. The predicted molar refractivity (Wildman–Crippen MR) is 93.0 cm³/mol. The minimum Gasteiger partial charge on any atom is -0.479 e. The van der Waals surface area contributed by atoms with Gasteiger partial charge >= 0.3 is 5.97 Å². The summed E-state index contributed by atoms with van der Waals surface area (Å²) in [6, 6.07) is 0. The summed E-state index contributed by atoms with van der Waals surface area (Å²) < 4.78 is 5.39.